The summed E-state index contributed by atoms with van der Waals surface area (Å²) in [5, 5.41) is 7.83. The maximum atomic E-state index is 12.6. The maximum Gasteiger partial charge on any atom is 0.257 e. The van der Waals surface area contributed by atoms with Crippen LogP contribution in [0.2, 0.25) is 0 Å². The van der Waals surface area contributed by atoms with Gasteiger partial charge in [0.05, 0.1) is 18.8 Å². The first-order valence-corrected chi connectivity index (χ1v) is 8.02. The van der Waals surface area contributed by atoms with Gasteiger partial charge in [0.2, 0.25) is 11.7 Å². The summed E-state index contributed by atoms with van der Waals surface area (Å²) in [7, 11) is 1.52. The van der Waals surface area contributed by atoms with Crippen molar-refractivity contribution in [2.24, 2.45) is 5.16 Å². The second-order valence-corrected chi connectivity index (χ2v) is 5.64. The van der Waals surface area contributed by atoms with Gasteiger partial charge in [-0.15, -0.1) is 0 Å². The number of rotatable bonds is 6. The average molecular weight is 344 g/mol. The molecule has 1 fully saturated rings. The van der Waals surface area contributed by atoms with Gasteiger partial charge in [-0.3, -0.25) is 4.79 Å². The third kappa shape index (κ3) is 3.69. The molecule has 0 N–H and O–H groups in total. The van der Waals surface area contributed by atoms with Crippen LogP contribution < -0.4 is 0 Å². The minimum Gasteiger partial charge on any atom is -0.396 e. The van der Waals surface area contributed by atoms with Crippen LogP contribution in [0.25, 0.3) is 11.4 Å². The highest BCUT2D eigenvalue weighted by Crippen LogP contribution is 2.24. The van der Waals surface area contributed by atoms with Crippen molar-refractivity contribution in [3.05, 3.63) is 35.7 Å². The molecule has 8 heteroatoms. The molecule has 1 aromatic carbocycles. The van der Waals surface area contributed by atoms with Crippen LogP contribution in [0.5, 0.6) is 0 Å². The molecule has 1 aliphatic heterocycles. The van der Waals surface area contributed by atoms with Gasteiger partial charge in [0.1, 0.15) is 6.61 Å². The van der Waals surface area contributed by atoms with E-state index in [0.717, 1.165) is 16.8 Å². The van der Waals surface area contributed by atoms with E-state index in [1.165, 1.54) is 7.11 Å². The minimum absolute atomic E-state index is 0.0962. The first-order chi connectivity index (χ1) is 12.1. The second-order valence-electron chi connectivity index (χ2n) is 5.64. The largest absolute Gasteiger partial charge is 0.396 e. The number of oxime groups is 1. The van der Waals surface area contributed by atoms with E-state index in [1.807, 2.05) is 31.2 Å². The van der Waals surface area contributed by atoms with E-state index in [0.29, 0.717) is 31.4 Å². The van der Waals surface area contributed by atoms with Crippen molar-refractivity contribution in [1.29, 1.82) is 0 Å². The maximum absolute atomic E-state index is 12.6. The first kappa shape index (κ1) is 17.1. The number of benzene rings is 1. The van der Waals surface area contributed by atoms with E-state index in [9.17, 15) is 4.79 Å². The SMILES string of the molecule is CCON=C1CN(C(=O)C(OC)c2ccc(-c3noc(C)n3)cc2)C1. The van der Waals surface area contributed by atoms with Crippen LogP contribution in [0.3, 0.4) is 0 Å². The fourth-order valence-electron chi connectivity index (χ4n) is 2.53. The molecule has 1 aromatic heterocycles. The summed E-state index contributed by atoms with van der Waals surface area (Å²) >= 11 is 0. The van der Waals surface area contributed by atoms with Gasteiger partial charge in [0.15, 0.2) is 6.10 Å². The van der Waals surface area contributed by atoms with Crippen LogP contribution in [0.4, 0.5) is 0 Å². The number of methoxy groups -OCH3 is 1. The predicted molar refractivity (Wildman–Crippen MR) is 89.9 cm³/mol. The Kier molecular flexibility index (Phi) is 5.08. The predicted octanol–water partition coefficient (Wildman–Crippen LogP) is 1.97. The highest BCUT2D eigenvalue weighted by molar-refractivity contribution is 6.00. The zero-order valence-electron chi connectivity index (χ0n) is 14.4. The fraction of sp³-hybridized carbons (Fsp3) is 0.412. The highest BCUT2D eigenvalue weighted by Gasteiger charge is 2.33. The smallest absolute Gasteiger partial charge is 0.257 e. The Morgan fingerprint density at radius 3 is 2.64 bits per heavy atom. The summed E-state index contributed by atoms with van der Waals surface area (Å²) in [4.78, 5) is 23.5. The molecule has 1 saturated heterocycles. The molecule has 0 saturated carbocycles. The summed E-state index contributed by atoms with van der Waals surface area (Å²) in [6.07, 6.45) is -0.658. The molecule has 3 rings (SSSR count). The monoisotopic (exact) mass is 344 g/mol. The number of nitrogens with zero attached hydrogens (tertiary/aromatic N) is 4. The van der Waals surface area contributed by atoms with Gasteiger partial charge < -0.3 is 19.0 Å². The van der Waals surface area contributed by atoms with Gasteiger partial charge in [0.25, 0.3) is 5.91 Å². The van der Waals surface area contributed by atoms with Crippen molar-refractivity contribution in [2.75, 3.05) is 26.8 Å². The van der Waals surface area contributed by atoms with Crippen molar-refractivity contribution in [3.8, 4) is 11.4 Å². The van der Waals surface area contributed by atoms with Crippen LogP contribution in [-0.2, 0) is 14.4 Å². The Bertz CT molecular complexity index is 761. The van der Waals surface area contributed by atoms with E-state index in [-0.39, 0.29) is 5.91 Å². The van der Waals surface area contributed by atoms with Gasteiger partial charge in [-0.1, -0.05) is 34.6 Å². The Hall–Kier alpha value is -2.74. The number of amides is 1. The fourth-order valence-corrected chi connectivity index (χ4v) is 2.53. The molecule has 132 valence electrons. The topological polar surface area (TPSA) is 90.0 Å². The van der Waals surface area contributed by atoms with Crippen LogP contribution in [0.1, 0.15) is 24.5 Å². The third-order valence-electron chi connectivity index (χ3n) is 3.84. The first-order valence-electron chi connectivity index (χ1n) is 8.02. The van der Waals surface area contributed by atoms with Crippen LogP contribution in [-0.4, -0.2) is 53.5 Å². The lowest BCUT2D eigenvalue weighted by Crippen LogP contribution is -2.52. The van der Waals surface area contributed by atoms with E-state index >= 15 is 0 Å². The molecule has 0 spiro atoms. The Morgan fingerprint density at radius 1 is 1.36 bits per heavy atom. The molecule has 8 nitrogen and oxygen atoms in total. The minimum atomic E-state index is -0.658. The number of aromatic nitrogens is 2. The molecule has 1 atom stereocenters. The summed E-state index contributed by atoms with van der Waals surface area (Å²) in [5.74, 6) is 0.927. The number of carbonyl (C=O) groups is 1. The Morgan fingerprint density at radius 2 is 2.08 bits per heavy atom. The number of hydrogen-bond donors (Lipinski definition) is 0. The number of aryl methyl sites for hydroxylation is 1. The molecule has 2 heterocycles. The molecule has 0 bridgehead atoms. The molecule has 1 unspecified atom stereocenters. The van der Waals surface area contributed by atoms with Crippen molar-refractivity contribution < 1.29 is 18.9 Å². The standard InChI is InChI=1S/C17H20N4O4/c1-4-24-19-14-9-21(10-14)17(22)15(23-3)12-5-7-13(8-6-12)16-18-11(2)25-20-16/h5-8,15H,4,9-10H2,1-3H3. The molecular weight excluding hydrogens is 324 g/mol. The molecular formula is C17H20N4O4. The Balaban J connectivity index is 1.68. The third-order valence-corrected chi connectivity index (χ3v) is 3.84. The van der Waals surface area contributed by atoms with Crippen LogP contribution >= 0.6 is 0 Å². The van der Waals surface area contributed by atoms with Gasteiger partial charge in [-0.25, -0.2) is 0 Å². The second kappa shape index (κ2) is 7.43. The van der Waals surface area contributed by atoms with E-state index in [4.69, 9.17) is 14.1 Å². The van der Waals surface area contributed by atoms with Crippen LogP contribution in [0.15, 0.2) is 33.9 Å². The normalized spacial score (nSPS) is 14.8. The van der Waals surface area contributed by atoms with E-state index in [2.05, 4.69) is 15.3 Å². The lowest BCUT2D eigenvalue weighted by Gasteiger charge is -2.34. The van der Waals surface area contributed by atoms with Crippen molar-refractivity contribution in [1.82, 2.24) is 15.0 Å². The molecule has 0 aliphatic carbocycles. The quantitative estimate of drug-likeness (QED) is 0.744. The number of ether oxygens (including phenoxy) is 1. The van der Waals surface area contributed by atoms with Gasteiger partial charge in [-0.2, -0.15) is 4.98 Å². The number of likely N-dealkylation sites (tertiary alicyclic amines) is 1. The van der Waals surface area contributed by atoms with Crippen molar-refractivity contribution >= 4 is 11.6 Å². The average Bonchev–Trinajstić information content (AvgIpc) is 3.01. The molecule has 1 aliphatic rings. The number of hydrogen-bond acceptors (Lipinski definition) is 7. The van der Waals surface area contributed by atoms with Crippen molar-refractivity contribution in [3.63, 3.8) is 0 Å². The summed E-state index contributed by atoms with van der Waals surface area (Å²) < 4.78 is 10.4. The van der Waals surface area contributed by atoms with Gasteiger partial charge in [-0.05, 0) is 12.5 Å². The zero-order chi connectivity index (χ0) is 17.8. The van der Waals surface area contributed by atoms with Crippen LogP contribution in [0, 0.1) is 6.92 Å². The Labute approximate surface area is 145 Å². The lowest BCUT2D eigenvalue weighted by atomic mass is 10.0. The van der Waals surface area contributed by atoms with Gasteiger partial charge >= 0.3 is 0 Å². The summed E-state index contributed by atoms with van der Waals surface area (Å²) in [6, 6.07) is 7.36. The molecule has 2 aromatic rings. The van der Waals surface area contributed by atoms with Crippen molar-refractivity contribution in [2.45, 2.75) is 20.0 Å². The summed E-state index contributed by atoms with van der Waals surface area (Å²) in [5.41, 5.74) is 2.44. The van der Waals surface area contributed by atoms with Gasteiger partial charge in [0, 0.05) is 19.6 Å². The molecule has 25 heavy (non-hydrogen) atoms. The van der Waals surface area contributed by atoms with E-state index < -0.39 is 6.10 Å². The lowest BCUT2D eigenvalue weighted by molar-refractivity contribution is -0.142. The molecule has 0 radical (unpaired) electrons. The highest BCUT2D eigenvalue weighted by atomic mass is 16.6. The molecule has 1 amide bonds. The number of carbonyl (C=O) groups excluding carboxylic acids is 1. The summed E-state index contributed by atoms with van der Waals surface area (Å²) in [6.45, 7) is 5.06. The van der Waals surface area contributed by atoms with E-state index in [1.54, 1.807) is 11.8 Å². The zero-order valence-corrected chi connectivity index (χ0v) is 14.4.